The number of carbonyl (C=O) groups is 1. The van der Waals surface area contributed by atoms with E-state index < -0.39 is 5.76 Å². The molecule has 0 aliphatic carbocycles. The molecule has 0 unspecified atom stereocenters. The molecule has 0 spiro atoms. The van der Waals surface area contributed by atoms with Gasteiger partial charge in [0.05, 0.1) is 4.88 Å². The zero-order valence-electron chi connectivity index (χ0n) is 12.5. The van der Waals surface area contributed by atoms with Crippen LogP contribution in [0, 0.1) is 6.92 Å². The van der Waals surface area contributed by atoms with Crippen LogP contribution in [0.15, 0.2) is 51.1 Å². The first-order valence-electron chi connectivity index (χ1n) is 7.07. The van der Waals surface area contributed by atoms with Crippen molar-refractivity contribution in [2.45, 2.75) is 20.0 Å². The maximum atomic E-state index is 12.1. The number of aryl methyl sites for hydroxylation is 1. The van der Waals surface area contributed by atoms with Crippen molar-refractivity contribution in [1.29, 1.82) is 0 Å². The highest BCUT2D eigenvalue weighted by Crippen LogP contribution is 2.21. The summed E-state index contributed by atoms with van der Waals surface area (Å²) in [5.74, 6) is -0.535. The summed E-state index contributed by atoms with van der Waals surface area (Å²) in [6.07, 6.45) is 0. The Balaban J connectivity index is 1.70. The number of aromatic nitrogens is 2. The van der Waals surface area contributed by atoms with Gasteiger partial charge in [-0.15, -0.1) is 11.3 Å². The van der Waals surface area contributed by atoms with Gasteiger partial charge in [-0.1, -0.05) is 35.5 Å². The Bertz CT molecular complexity index is 865. The van der Waals surface area contributed by atoms with Crippen LogP contribution >= 0.6 is 11.3 Å². The van der Waals surface area contributed by atoms with Gasteiger partial charge in [0.15, 0.2) is 5.82 Å². The molecule has 0 saturated heterocycles. The van der Waals surface area contributed by atoms with Gasteiger partial charge in [-0.05, 0) is 29.5 Å². The third-order valence-corrected chi connectivity index (χ3v) is 4.33. The van der Waals surface area contributed by atoms with Crippen LogP contribution in [0.1, 0.15) is 11.1 Å². The number of hydrogen-bond acceptors (Lipinski definition) is 5. The average molecular weight is 329 g/mol. The Labute approximate surface area is 136 Å². The van der Waals surface area contributed by atoms with Crippen molar-refractivity contribution in [1.82, 2.24) is 15.0 Å². The van der Waals surface area contributed by atoms with Gasteiger partial charge in [0.25, 0.3) is 0 Å². The number of amides is 1. The Morgan fingerprint density at radius 3 is 2.87 bits per heavy atom. The van der Waals surface area contributed by atoms with Crippen molar-refractivity contribution in [3.63, 3.8) is 0 Å². The highest BCUT2D eigenvalue weighted by molar-refractivity contribution is 7.13. The maximum absolute atomic E-state index is 12.1. The molecule has 2 heterocycles. The van der Waals surface area contributed by atoms with Crippen LogP contribution in [0.3, 0.4) is 0 Å². The molecule has 3 aromatic rings. The average Bonchev–Trinajstić information content (AvgIpc) is 3.17. The number of thiophene rings is 1. The lowest BCUT2D eigenvalue weighted by Crippen LogP contribution is -2.31. The molecule has 0 aliphatic rings. The highest BCUT2D eigenvalue weighted by Gasteiger charge is 2.16. The van der Waals surface area contributed by atoms with Gasteiger partial charge in [0, 0.05) is 6.54 Å². The number of nitrogens with one attached hydrogen (secondary N) is 1. The smallest absolute Gasteiger partial charge is 0.350 e. The zero-order chi connectivity index (χ0) is 16.2. The third kappa shape index (κ3) is 3.40. The summed E-state index contributed by atoms with van der Waals surface area (Å²) in [5.41, 5.74) is 2.14. The summed E-state index contributed by atoms with van der Waals surface area (Å²) in [4.78, 5) is 24.7. The molecule has 0 saturated carbocycles. The summed E-state index contributed by atoms with van der Waals surface area (Å²) in [6.45, 7) is 2.28. The Kier molecular flexibility index (Phi) is 4.38. The number of nitrogens with zero attached hydrogens (tertiary/aromatic N) is 2. The number of rotatable bonds is 5. The third-order valence-electron chi connectivity index (χ3n) is 3.47. The molecule has 0 aliphatic heterocycles. The molecule has 0 bridgehead atoms. The molecule has 118 valence electrons. The second-order valence-electron chi connectivity index (χ2n) is 5.04. The molecule has 2 aromatic heterocycles. The first-order chi connectivity index (χ1) is 11.1. The van der Waals surface area contributed by atoms with Gasteiger partial charge in [-0.2, -0.15) is 0 Å². The standard InChI is InChI=1S/C16H15N3O3S/c1-11-5-2-3-6-12(11)9-17-14(20)10-19-15(18-22-16(19)21)13-7-4-8-23-13/h2-8H,9-10H2,1H3,(H,17,20). The van der Waals surface area contributed by atoms with Crippen LogP contribution in [-0.2, 0) is 17.9 Å². The van der Waals surface area contributed by atoms with E-state index in [1.165, 1.54) is 15.9 Å². The van der Waals surface area contributed by atoms with Gasteiger partial charge < -0.3 is 5.32 Å². The predicted molar refractivity (Wildman–Crippen MR) is 87.1 cm³/mol. The van der Waals surface area contributed by atoms with E-state index in [1.54, 1.807) is 0 Å². The van der Waals surface area contributed by atoms with Gasteiger partial charge >= 0.3 is 5.76 Å². The molecule has 0 atom stereocenters. The monoisotopic (exact) mass is 329 g/mol. The van der Waals surface area contributed by atoms with Gasteiger partial charge in [-0.25, -0.2) is 9.36 Å². The van der Waals surface area contributed by atoms with Crippen molar-refractivity contribution in [2.75, 3.05) is 0 Å². The predicted octanol–water partition coefficient (Wildman–Crippen LogP) is 2.19. The van der Waals surface area contributed by atoms with Crippen molar-refractivity contribution in [3.8, 4) is 10.7 Å². The zero-order valence-corrected chi connectivity index (χ0v) is 13.3. The van der Waals surface area contributed by atoms with Crippen molar-refractivity contribution < 1.29 is 9.32 Å². The summed E-state index contributed by atoms with van der Waals surface area (Å²) in [6, 6.07) is 11.5. The molecular formula is C16H15N3O3S. The minimum absolute atomic E-state index is 0.124. The lowest BCUT2D eigenvalue weighted by atomic mass is 10.1. The van der Waals surface area contributed by atoms with E-state index in [9.17, 15) is 9.59 Å². The normalized spacial score (nSPS) is 10.7. The Hall–Kier alpha value is -2.67. The number of carbonyl (C=O) groups excluding carboxylic acids is 1. The molecular weight excluding hydrogens is 314 g/mol. The van der Waals surface area contributed by atoms with Crippen LogP contribution < -0.4 is 11.1 Å². The van der Waals surface area contributed by atoms with E-state index in [-0.39, 0.29) is 12.5 Å². The molecule has 0 radical (unpaired) electrons. The van der Waals surface area contributed by atoms with E-state index in [4.69, 9.17) is 0 Å². The van der Waals surface area contributed by atoms with E-state index >= 15 is 0 Å². The summed E-state index contributed by atoms with van der Waals surface area (Å²) < 4.78 is 5.92. The minimum Gasteiger partial charge on any atom is -0.350 e. The van der Waals surface area contributed by atoms with Crippen molar-refractivity contribution in [3.05, 3.63) is 63.5 Å². The fraction of sp³-hybridized carbons (Fsp3) is 0.188. The topological polar surface area (TPSA) is 77.1 Å². The van der Waals surface area contributed by atoms with Gasteiger partial charge in [0.1, 0.15) is 6.54 Å². The Morgan fingerprint density at radius 2 is 2.13 bits per heavy atom. The lowest BCUT2D eigenvalue weighted by molar-refractivity contribution is -0.121. The first kappa shape index (κ1) is 15.2. The fourth-order valence-corrected chi connectivity index (χ4v) is 2.91. The quantitative estimate of drug-likeness (QED) is 0.778. The summed E-state index contributed by atoms with van der Waals surface area (Å²) >= 11 is 1.43. The molecule has 6 nitrogen and oxygen atoms in total. The van der Waals surface area contributed by atoms with Crippen molar-refractivity contribution in [2.24, 2.45) is 0 Å². The van der Waals surface area contributed by atoms with Crippen LogP contribution in [0.2, 0.25) is 0 Å². The maximum Gasteiger partial charge on any atom is 0.442 e. The van der Waals surface area contributed by atoms with Crippen LogP contribution in [0.5, 0.6) is 0 Å². The Morgan fingerprint density at radius 1 is 1.30 bits per heavy atom. The first-order valence-corrected chi connectivity index (χ1v) is 7.94. The molecule has 7 heteroatoms. The lowest BCUT2D eigenvalue weighted by Gasteiger charge is -2.08. The molecule has 0 fully saturated rings. The molecule has 3 rings (SSSR count). The van der Waals surface area contributed by atoms with Gasteiger partial charge in [0.2, 0.25) is 5.91 Å². The molecule has 1 N–H and O–H groups in total. The van der Waals surface area contributed by atoms with E-state index in [0.29, 0.717) is 12.4 Å². The second kappa shape index (κ2) is 6.62. The molecule has 1 amide bonds. The van der Waals surface area contributed by atoms with Crippen LogP contribution in [-0.4, -0.2) is 15.6 Å². The van der Waals surface area contributed by atoms with E-state index in [0.717, 1.165) is 16.0 Å². The fourth-order valence-electron chi connectivity index (χ4n) is 2.19. The van der Waals surface area contributed by atoms with Crippen LogP contribution in [0.4, 0.5) is 0 Å². The molecule has 23 heavy (non-hydrogen) atoms. The summed E-state index contributed by atoms with van der Waals surface area (Å²) in [7, 11) is 0. The minimum atomic E-state index is -0.639. The SMILES string of the molecule is Cc1ccccc1CNC(=O)Cn1c(-c2cccs2)noc1=O. The van der Waals surface area contributed by atoms with Crippen LogP contribution in [0.25, 0.3) is 10.7 Å². The second-order valence-corrected chi connectivity index (χ2v) is 5.99. The van der Waals surface area contributed by atoms with E-state index in [2.05, 4.69) is 15.0 Å². The molecule has 1 aromatic carbocycles. The van der Waals surface area contributed by atoms with Crippen molar-refractivity contribution >= 4 is 17.2 Å². The van der Waals surface area contributed by atoms with Gasteiger partial charge in [-0.3, -0.25) is 9.32 Å². The number of benzene rings is 1. The summed E-state index contributed by atoms with van der Waals surface area (Å²) in [5, 5.41) is 8.43. The largest absolute Gasteiger partial charge is 0.442 e. The van der Waals surface area contributed by atoms with E-state index in [1.807, 2.05) is 48.7 Å². The highest BCUT2D eigenvalue weighted by atomic mass is 32.1. The number of hydrogen-bond donors (Lipinski definition) is 1.